The summed E-state index contributed by atoms with van der Waals surface area (Å²) in [5, 5.41) is 15.5. The van der Waals surface area contributed by atoms with Gasteiger partial charge in [0.25, 0.3) is 0 Å². The molecule has 3 N–H and O–H groups in total. The normalized spacial score (nSPS) is 12.9. The van der Waals surface area contributed by atoms with Gasteiger partial charge in [-0.15, -0.1) is 13.2 Å². The molecule has 0 saturated carbocycles. The number of hydrogen-bond acceptors (Lipinski definition) is 4. The lowest BCUT2D eigenvalue weighted by molar-refractivity contribution is -0.121. The highest BCUT2D eigenvalue weighted by molar-refractivity contribution is 5.76. The van der Waals surface area contributed by atoms with Crippen LogP contribution in [0.25, 0.3) is 0 Å². The van der Waals surface area contributed by atoms with Gasteiger partial charge in [-0.25, -0.2) is 0 Å². The molecule has 0 aromatic carbocycles. The zero-order valence-corrected chi connectivity index (χ0v) is 20.7. The maximum absolute atomic E-state index is 12.1. The molecule has 0 aliphatic heterocycles. The van der Waals surface area contributed by atoms with Crippen LogP contribution in [0.15, 0.2) is 25.3 Å². The summed E-state index contributed by atoms with van der Waals surface area (Å²) in [5.41, 5.74) is 0. The number of aliphatic hydroxyl groups is 1. The van der Waals surface area contributed by atoms with E-state index in [0.717, 1.165) is 64.2 Å². The molecule has 2 unspecified atom stereocenters. The number of rotatable bonds is 22. The van der Waals surface area contributed by atoms with E-state index in [0.29, 0.717) is 32.5 Å². The van der Waals surface area contributed by atoms with Crippen LogP contribution in [-0.2, 0) is 9.59 Å². The Morgan fingerprint density at radius 2 is 1.19 bits per heavy atom. The lowest BCUT2D eigenvalue weighted by atomic mass is 10.1. The molecule has 186 valence electrons. The molecule has 0 saturated heterocycles. The fourth-order valence-electron chi connectivity index (χ4n) is 3.78. The monoisotopic (exact) mass is 451 g/mol. The SMILES string of the molecule is C=CCCCCCCC(=O)NCC(C)N(CCO)C(C)CNC(=O)CCCCCCC=C. The predicted molar refractivity (Wildman–Crippen MR) is 135 cm³/mol. The smallest absolute Gasteiger partial charge is 0.220 e. The van der Waals surface area contributed by atoms with Crippen LogP contribution in [0.2, 0.25) is 0 Å². The van der Waals surface area contributed by atoms with Crippen LogP contribution in [0, 0.1) is 0 Å². The summed E-state index contributed by atoms with van der Waals surface area (Å²) in [6.07, 6.45) is 15.6. The molecular formula is C26H49N3O3. The Bertz CT molecular complexity index is 469. The third-order valence-corrected chi connectivity index (χ3v) is 5.80. The van der Waals surface area contributed by atoms with E-state index in [2.05, 4.69) is 28.7 Å². The van der Waals surface area contributed by atoms with E-state index in [9.17, 15) is 14.7 Å². The van der Waals surface area contributed by atoms with E-state index in [1.54, 1.807) is 0 Å². The van der Waals surface area contributed by atoms with Gasteiger partial charge >= 0.3 is 0 Å². The van der Waals surface area contributed by atoms with Crippen molar-refractivity contribution in [2.75, 3.05) is 26.2 Å². The van der Waals surface area contributed by atoms with Crippen LogP contribution in [0.3, 0.4) is 0 Å². The number of carbonyl (C=O) groups excluding carboxylic acids is 2. The highest BCUT2D eigenvalue weighted by Crippen LogP contribution is 2.08. The quantitative estimate of drug-likeness (QED) is 0.169. The van der Waals surface area contributed by atoms with Crippen molar-refractivity contribution in [3.8, 4) is 0 Å². The first-order valence-electron chi connectivity index (χ1n) is 12.6. The van der Waals surface area contributed by atoms with Crippen molar-refractivity contribution < 1.29 is 14.7 Å². The van der Waals surface area contributed by atoms with E-state index in [-0.39, 0.29) is 30.5 Å². The summed E-state index contributed by atoms with van der Waals surface area (Å²) in [4.78, 5) is 26.4. The maximum atomic E-state index is 12.1. The van der Waals surface area contributed by atoms with E-state index >= 15 is 0 Å². The Morgan fingerprint density at radius 3 is 1.56 bits per heavy atom. The number of amides is 2. The summed E-state index contributed by atoms with van der Waals surface area (Å²) < 4.78 is 0. The Balaban J connectivity index is 4.15. The van der Waals surface area contributed by atoms with Crippen molar-refractivity contribution >= 4 is 11.8 Å². The van der Waals surface area contributed by atoms with Crippen LogP contribution < -0.4 is 10.6 Å². The van der Waals surface area contributed by atoms with Gasteiger partial charge in [0.2, 0.25) is 11.8 Å². The van der Waals surface area contributed by atoms with Crippen LogP contribution in [-0.4, -0.2) is 60.1 Å². The Labute approximate surface area is 196 Å². The average molecular weight is 452 g/mol. The minimum Gasteiger partial charge on any atom is -0.395 e. The second-order valence-electron chi connectivity index (χ2n) is 8.75. The molecule has 6 nitrogen and oxygen atoms in total. The molecule has 0 aliphatic rings. The minimum absolute atomic E-state index is 0.0476. The van der Waals surface area contributed by atoms with E-state index < -0.39 is 0 Å². The van der Waals surface area contributed by atoms with Gasteiger partial charge in [-0.3, -0.25) is 14.5 Å². The zero-order chi connectivity index (χ0) is 24.0. The first kappa shape index (κ1) is 30.3. The maximum Gasteiger partial charge on any atom is 0.220 e. The van der Waals surface area contributed by atoms with Gasteiger partial charge in [-0.2, -0.15) is 0 Å². The molecule has 6 heteroatoms. The number of hydrogen-bond donors (Lipinski definition) is 3. The van der Waals surface area contributed by atoms with Crippen LogP contribution in [0.5, 0.6) is 0 Å². The van der Waals surface area contributed by atoms with Gasteiger partial charge in [-0.05, 0) is 52.4 Å². The molecule has 0 aromatic heterocycles. The third kappa shape index (κ3) is 17.0. The Hall–Kier alpha value is -1.66. The van der Waals surface area contributed by atoms with Crippen LogP contribution in [0.1, 0.15) is 90.9 Å². The molecular weight excluding hydrogens is 402 g/mol. The molecule has 0 bridgehead atoms. The second-order valence-corrected chi connectivity index (χ2v) is 8.75. The fourth-order valence-corrected chi connectivity index (χ4v) is 3.78. The zero-order valence-electron chi connectivity index (χ0n) is 20.7. The van der Waals surface area contributed by atoms with E-state index in [1.165, 1.54) is 0 Å². The number of allylic oxidation sites excluding steroid dienone is 2. The van der Waals surface area contributed by atoms with E-state index in [1.807, 2.05) is 26.0 Å². The Kier molecular flexibility index (Phi) is 20.1. The largest absolute Gasteiger partial charge is 0.395 e. The van der Waals surface area contributed by atoms with Crippen molar-refractivity contribution in [2.45, 2.75) is 103 Å². The molecule has 0 aromatic rings. The summed E-state index contributed by atoms with van der Waals surface area (Å²) in [6.45, 7) is 13.2. The molecule has 0 fully saturated rings. The fraction of sp³-hybridized carbons (Fsp3) is 0.769. The number of nitrogens with zero attached hydrogens (tertiary/aromatic N) is 1. The highest BCUT2D eigenvalue weighted by Gasteiger charge is 2.20. The molecule has 2 atom stereocenters. The second kappa shape index (κ2) is 21.2. The molecule has 0 aliphatic carbocycles. The predicted octanol–water partition coefficient (Wildman–Crippen LogP) is 4.34. The number of aliphatic hydroxyl groups excluding tert-OH is 1. The van der Waals surface area contributed by atoms with Crippen molar-refractivity contribution in [1.29, 1.82) is 0 Å². The van der Waals surface area contributed by atoms with E-state index in [4.69, 9.17) is 0 Å². The number of unbranched alkanes of at least 4 members (excludes halogenated alkanes) is 8. The molecule has 2 amide bonds. The topological polar surface area (TPSA) is 81.7 Å². The third-order valence-electron chi connectivity index (χ3n) is 5.80. The van der Waals surface area contributed by atoms with Gasteiger partial charge < -0.3 is 15.7 Å². The Morgan fingerprint density at radius 1 is 0.781 bits per heavy atom. The molecule has 0 heterocycles. The van der Waals surface area contributed by atoms with Crippen molar-refractivity contribution in [1.82, 2.24) is 15.5 Å². The van der Waals surface area contributed by atoms with Gasteiger partial charge in [-0.1, -0.05) is 37.8 Å². The first-order valence-corrected chi connectivity index (χ1v) is 12.6. The van der Waals surface area contributed by atoms with Crippen LogP contribution >= 0.6 is 0 Å². The molecule has 32 heavy (non-hydrogen) atoms. The van der Waals surface area contributed by atoms with Crippen molar-refractivity contribution in [3.63, 3.8) is 0 Å². The van der Waals surface area contributed by atoms with Gasteiger partial charge in [0.05, 0.1) is 6.61 Å². The first-order chi connectivity index (χ1) is 15.5. The molecule has 0 spiro atoms. The molecule has 0 radical (unpaired) electrons. The summed E-state index contributed by atoms with van der Waals surface area (Å²) >= 11 is 0. The number of carbonyl (C=O) groups is 2. The average Bonchev–Trinajstić information content (AvgIpc) is 2.78. The van der Waals surface area contributed by atoms with Crippen molar-refractivity contribution in [3.05, 3.63) is 25.3 Å². The number of nitrogens with one attached hydrogen (secondary N) is 2. The van der Waals surface area contributed by atoms with Gasteiger partial charge in [0.15, 0.2) is 0 Å². The van der Waals surface area contributed by atoms with Gasteiger partial charge in [0.1, 0.15) is 0 Å². The lowest BCUT2D eigenvalue weighted by Gasteiger charge is -2.34. The summed E-state index contributed by atoms with van der Waals surface area (Å²) in [5.74, 6) is 0.164. The van der Waals surface area contributed by atoms with Crippen molar-refractivity contribution in [2.24, 2.45) is 0 Å². The highest BCUT2D eigenvalue weighted by atomic mass is 16.3. The minimum atomic E-state index is 0.0476. The summed E-state index contributed by atoms with van der Waals surface area (Å²) in [6, 6.07) is 0.158. The molecule has 0 rings (SSSR count). The summed E-state index contributed by atoms with van der Waals surface area (Å²) in [7, 11) is 0. The lowest BCUT2D eigenvalue weighted by Crippen LogP contribution is -2.51. The van der Waals surface area contributed by atoms with Gasteiger partial charge in [0, 0.05) is 44.6 Å². The standard InChI is InChI=1S/C26H49N3O3/c1-5-7-9-11-13-15-17-25(31)27-21-23(3)29(19-20-30)24(4)22-28-26(32)18-16-14-12-10-8-6-2/h5-6,23-24,30H,1-2,7-22H2,3-4H3,(H,27,31)(H,28,32). The van der Waals surface area contributed by atoms with Crippen LogP contribution in [0.4, 0.5) is 0 Å².